The maximum absolute atomic E-state index is 12.8. The summed E-state index contributed by atoms with van der Waals surface area (Å²) in [5, 5.41) is 2.86. The van der Waals surface area contributed by atoms with Crippen LogP contribution in [0.15, 0.2) is 0 Å². The number of rotatable bonds is 3. The molecule has 0 aromatic rings. The molecule has 0 aromatic carbocycles. The van der Waals surface area contributed by atoms with E-state index in [1.165, 1.54) is 0 Å². The molecule has 0 aromatic heterocycles. The third-order valence-corrected chi connectivity index (χ3v) is 5.27. The van der Waals surface area contributed by atoms with Gasteiger partial charge in [-0.3, -0.25) is 4.79 Å². The van der Waals surface area contributed by atoms with Gasteiger partial charge in [-0.2, -0.15) is 0 Å². The molecule has 6 heteroatoms. The van der Waals surface area contributed by atoms with E-state index in [2.05, 4.69) is 12.2 Å². The lowest BCUT2D eigenvalue weighted by molar-refractivity contribution is -0.146. The molecule has 3 fully saturated rings. The summed E-state index contributed by atoms with van der Waals surface area (Å²) >= 11 is 0. The van der Waals surface area contributed by atoms with Crippen LogP contribution in [0.1, 0.15) is 39.0 Å². The smallest absolute Gasteiger partial charge is 0.317 e. The van der Waals surface area contributed by atoms with Gasteiger partial charge in [-0.1, -0.05) is 6.92 Å². The van der Waals surface area contributed by atoms with Crippen LogP contribution in [0.25, 0.3) is 0 Å². The minimum Gasteiger partial charge on any atom is -0.377 e. The maximum Gasteiger partial charge on any atom is 0.317 e. The zero-order valence-corrected chi connectivity index (χ0v) is 13.4. The summed E-state index contributed by atoms with van der Waals surface area (Å²) in [5.74, 6) is 0.293. The molecule has 0 aliphatic carbocycles. The van der Waals surface area contributed by atoms with Crippen LogP contribution in [0.4, 0.5) is 4.79 Å². The van der Waals surface area contributed by atoms with E-state index in [0.29, 0.717) is 0 Å². The second-order valence-corrected chi connectivity index (χ2v) is 6.55. The summed E-state index contributed by atoms with van der Waals surface area (Å²) in [6.07, 6.45) is 4.71. The SMILES string of the molecule is CCC1OCCCC1C(=O)N1CCC(N2CCNC2=O)CC1. The Kier molecular flexibility index (Phi) is 4.86. The van der Waals surface area contributed by atoms with E-state index in [1.807, 2.05) is 9.80 Å². The molecule has 3 aliphatic heterocycles. The van der Waals surface area contributed by atoms with Crippen molar-refractivity contribution >= 4 is 11.9 Å². The van der Waals surface area contributed by atoms with Gasteiger partial charge in [0.25, 0.3) is 0 Å². The summed E-state index contributed by atoms with van der Waals surface area (Å²) in [4.78, 5) is 28.4. The number of carbonyl (C=O) groups is 2. The van der Waals surface area contributed by atoms with E-state index in [4.69, 9.17) is 4.74 Å². The first-order chi connectivity index (χ1) is 10.7. The largest absolute Gasteiger partial charge is 0.377 e. The summed E-state index contributed by atoms with van der Waals surface area (Å²) < 4.78 is 5.76. The van der Waals surface area contributed by atoms with Crippen LogP contribution >= 0.6 is 0 Å². The molecule has 0 bridgehead atoms. The maximum atomic E-state index is 12.8. The lowest BCUT2D eigenvalue weighted by atomic mass is 9.90. The molecule has 2 unspecified atom stereocenters. The number of nitrogens with one attached hydrogen (secondary N) is 1. The molecule has 6 nitrogen and oxygen atoms in total. The Labute approximate surface area is 132 Å². The van der Waals surface area contributed by atoms with Crippen LogP contribution < -0.4 is 5.32 Å². The predicted octanol–water partition coefficient (Wildman–Crippen LogP) is 1.21. The molecule has 3 heterocycles. The van der Waals surface area contributed by atoms with Gasteiger partial charge in [0.2, 0.25) is 5.91 Å². The van der Waals surface area contributed by atoms with Crippen molar-refractivity contribution in [3.8, 4) is 0 Å². The number of likely N-dealkylation sites (tertiary alicyclic amines) is 1. The van der Waals surface area contributed by atoms with E-state index < -0.39 is 0 Å². The van der Waals surface area contributed by atoms with Gasteiger partial charge in [-0.15, -0.1) is 0 Å². The van der Waals surface area contributed by atoms with Crippen molar-refractivity contribution in [1.82, 2.24) is 15.1 Å². The predicted molar refractivity (Wildman–Crippen MR) is 82.5 cm³/mol. The molecule has 0 saturated carbocycles. The minimum atomic E-state index is 0.0328. The van der Waals surface area contributed by atoms with Crippen LogP contribution in [-0.2, 0) is 9.53 Å². The normalized spacial score (nSPS) is 30.5. The van der Waals surface area contributed by atoms with Crippen molar-refractivity contribution < 1.29 is 14.3 Å². The Bertz CT molecular complexity index is 421. The second-order valence-electron chi connectivity index (χ2n) is 6.55. The highest BCUT2D eigenvalue weighted by atomic mass is 16.5. The fourth-order valence-electron chi connectivity index (χ4n) is 3.99. The van der Waals surface area contributed by atoms with Gasteiger partial charge in [0.15, 0.2) is 0 Å². The van der Waals surface area contributed by atoms with E-state index >= 15 is 0 Å². The Hall–Kier alpha value is -1.30. The zero-order valence-electron chi connectivity index (χ0n) is 13.4. The average Bonchev–Trinajstić information content (AvgIpc) is 3.00. The molecule has 2 atom stereocenters. The van der Waals surface area contributed by atoms with Crippen molar-refractivity contribution in [2.24, 2.45) is 5.92 Å². The molecule has 3 aliphatic rings. The standard InChI is InChI=1S/C16H27N3O3/c1-2-14-13(4-3-11-22-14)15(20)18-8-5-12(6-9-18)19-10-7-17-16(19)21/h12-14H,2-11H2,1H3,(H,17,21). The fourth-order valence-corrected chi connectivity index (χ4v) is 3.99. The third kappa shape index (κ3) is 3.07. The summed E-state index contributed by atoms with van der Waals surface area (Å²) in [6, 6.07) is 0.340. The molecule has 3 amide bonds. The molecular weight excluding hydrogens is 282 g/mol. The van der Waals surface area contributed by atoms with Gasteiger partial charge in [0.1, 0.15) is 0 Å². The molecule has 3 rings (SSSR count). The Morgan fingerprint density at radius 3 is 2.68 bits per heavy atom. The number of amides is 3. The first-order valence-corrected chi connectivity index (χ1v) is 8.65. The summed E-state index contributed by atoms with van der Waals surface area (Å²) in [5.41, 5.74) is 0. The van der Waals surface area contributed by atoms with E-state index in [0.717, 1.165) is 64.9 Å². The number of hydrogen-bond acceptors (Lipinski definition) is 3. The monoisotopic (exact) mass is 309 g/mol. The number of nitrogens with zero attached hydrogens (tertiary/aromatic N) is 2. The number of urea groups is 1. The van der Waals surface area contributed by atoms with Gasteiger partial charge in [-0.25, -0.2) is 4.79 Å². The van der Waals surface area contributed by atoms with Crippen LogP contribution in [0.3, 0.4) is 0 Å². The molecular formula is C16H27N3O3. The third-order valence-electron chi connectivity index (χ3n) is 5.27. The lowest BCUT2D eigenvalue weighted by Gasteiger charge is -2.39. The minimum absolute atomic E-state index is 0.0328. The van der Waals surface area contributed by atoms with Gasteiger partial charge in [-0.05, 0) is 32.1 Å². The second kappa shape index (κ2) is 6.86. The topological polar surface area (TPSA) is 61.9 Å². The highest BCUT2D eigenvalue weighted by Gasteiger charge is 2.37. The molecule has 0 radical (unpaired) electrons. The first-order valence-electron chi connectivity index (χ1n) is 8.65. The van der Waals surface area contributed by atoms with Crippen molar-refractivity contribution in [1.29, 1.82) is 0 Å². The Balaban J connectivity index is 1.54. The fraction of sp³-hybridized carbons (Fsp3) is 0.875. The molecule has 22 heavy (non-hydrogen) atoms. The van der Waals surface area contributed by atoms with Gasteiger partial charge in [0.05, 0.1) is 12.0 Å². The van der Waals surface area contributed by atoms with Crippen LogP contribution in [0, 0.1) is 5.92 Å². The molecule has 124 valence electrons. The van der Waals surface area contributed by atoms with E-state index in [9.17, 15) is 9.59 Å². The average molecular weight is 309 g/mol. The highest BCUT2D eigenvalue weighted by molar-refractivity contribution is 5.80. The Morgan fingerprint density at radius 2 is 2.05 bits per heavy atom. The van der Waals surface area contributed by atoms with Crippen molar-refractivity contribution in [3.63, 3.8) is 0 Å². The zero-order chi connectivity index (χ0) is 15.5. The van der Waals surface area contributed by atoms with Gasteiger partial charge >= 0.3 is 6.03 Å². The van der Waals surface area contributed by atoms with Crippen LogP contribution in [0.5, 0.6) is 0 Å². The number of piperidine rings is 1. The number of hydrogen-bond donors (Lipinski definition) is 1. The van der Waals surface area contributed by atoms with Crippen LogP contribution in [-0.4, -0.2) is 66.7 Å². The van der Waals surface area contributed by atoms with Crippen molar-refractivity contribution in [2.75, 3.05) is 32.8 Å². The van der Waals surface area contributed by atoms with Crippen LogP contribution in [0.2, 0.25) is 0 Å². The van der Waals surface area contributed by atoms with Crippen molar-refractivity contribution in [3.05, 3.63) is 0 Å². The summed E-state index contributed by atoms with van der Waals surface area (Å²) in [7, 11) is 0. The molecule has 0 spiro atoms. The molecule has 3 saturated heterocycles. The summed E-state index contributed by atoms with van der Waals surface area (Å²) in [6.45, 7) is 5.95. The number of carbonyl (C=O) groups excluding carboxylic acids is 2. The quantitative estimate of drug-likeness (QED) is 0.852. The van der Waals surface area contributed by atoms with E-state index in [1.54, 1.807) is 0 Å². The number of ether oxygens (including phenoxy) is 1. The van der Waals surface area contributed by atoms with Gasteiger partial charge in [0, 0.05) is 38.8 Å². The van der Waals surface area contributed by atoms with Crippen molar-refractivity contribution in [2.45, 2.75) is 51.2 Å². The lowest BCUT2D eigenvalue weighted by Crippen LogP contribution is -2.51. The highest BCUT2D eigenvalue weighted by Crippen LogP contribution is 2.27. The molecule has 1 N–H and O–H groups in total. The first kappa shape index (κ1) is 15.6. The Morgan fingerprint density at radius 1 is 1.27 bits per heavy atom. The van der Waals surface area contributed by atoms with E-state index in [-0.39, 0.29) is 30.0 Å². The van der Waals surface area contributed by atoms with Gasteiger partial charge < -0.3 is 19.9 Å².